The molecule has 0 spiro atoms. The summed E-state index contributed by atoms with van der Waals surface area (Å²) in [6.45, 7) is 0. The molecule has 158 valence electrons. The van der Waals surface area contributed by atoms with Crippen molar-refractivity contribution in [3.8, 4) is 0 Å². The molecule has 1 aromatic rings. The fourth-order valence-electron chi connectivity index (χ4n) is 3.56. The average molecular weight is 412 g/mol. The maximum Gasteiger partial charge on any atom is 0.416 e. The van der Waals surface area contributed by atoms with Gasteiger partial charge >= 0.3 is 18.1 Å². The van der Waals surface area contributed by atoms with Crippen molar-refractivity contribution in [3.05, 3.63) is 41.5 Å². The molecular weight excluding hydrogens is 389 g/mol. The van der Waals surface area contributed by atoms with Crippen LogP contribution in [0.5, 0.6) is 0 Å². The maximum atomic E-state index is 12.7. The summed E-state index contributed by atoms with van der Waals surface area (Å²) in [6.07, 6.45) is 0.957. The van der Waals surface area contributed by atoms with Gasteiger partial charge in [0.25, 0.3) is 0 Å². The van der Waals surface area contributed by atoms with Gasteiger partial charge < -0.3 is 9.47 Å². The number of hydrogen-bond acceptors (Lipinski definition) is 5. The lowest BCUT2D eigenvalue weighted by Crippen LogP contribution is -2.39. The Bertz CT molecular complexity index is 752. The Morgan fingerprint density at radius 3 is 2.14 bits per heavy atom. The number of halogens is 3. The van der Waals surface area contributed by atoms with Crippen LogP contribution in [-0.4, -0.2) is 31.9 Å². The lowest BCUT2D eigenvalue weighted by Gasteiger charge is -2.30. The van der Waals surface area contributed by atoms with Crippen molar-refractivity contribution in [2.75, 3.05) is 14.2 Å². The second-order valence-corrected chi connectivity index (χ2v) is 6.90. The molecule has 1 aromatic carbocycles. The lowest BCUT2D eigenvalue weighted by molar-refractivity contribution is -0.162. The molecule has 0 N–H and O–H groups in total. The van der Waals surface area contributed by atoms with E-state index >= 15 is 0 Å². The molecule has 1 aliphatic rings. The zero-order valence-electron chi connectivity index (χ0n) is 16.2. The van der Waals surface area contributed by atoms with Crippen LogP contribution in [0.2, 0.25) is 0 Å². The minimum atomic E-state index is -4.44. The molecule has 2 atom stereocenters. The number of carbonyl (C=O) groups is 3. The summed E-state index contributed by atoms with van der Waals surface area (Å²) >= 11 is 0. The minimum Gasteiger partial charge on any atom is -0.468 e. The Morgan fingerprint density at radius 1 is 1.07 bits per heavy atom. The van der Waals surface area contributed by atoms with Crippen LogP contribution in [-0.2, 0) is 30.0 Å². The second-order valence-electron chi connectivity index (χ2n) is 6.90. The highest BCUT2D eigenvalue weighted by Crippen LogP contribution is 2.35. The molecular formula is C21H23F3O5. The number of ketones is 1. The normalized spacial score (nSPS) is 18.7. The Balaban J connectivity index is 2.38. The quantitative estimate of drug-likeness (QED) is 0.521. The fraction of sp³-hybridized carbons (Fsp3) is 0.476. The number of ether oxygens (including phenoxy) is 2. The van der Waals surface area contributed by atoms with Crippen molar-refractivity contribution in [2.24, 2.45) is 17.8 Å². The van der Waals surface area contributed by atoms with Gasteiger partial charge in [-0.2, -0.15) is 13.2 Å². The first-order valence-electron chi connectivity index (χ1n) is 9.23. The first kappa shape index (κ1) is 22.6. The van der Waals surface area contributed by atoms with Crippen LogP contribution in [0.3, 0.4) is 0 Å². The first-order chi connectivity index (χ1) is 13.7. The van der Waals surface area contributed by atoms with E-state index in [2.05, 4.69) is 0 Å². The highest BCUT2D eigenvalue weighted by molar-refractivity contribution is 5.96. The van der Waals surface area contributed by atoms with Crippen LogP contribution in [0, 0.1) is 17.8 Å². The third-order valence-electron chi connectivity index (χ3n) is 5.11. The van der Waals surface area contributed by atoms with E-state index in [0.717, 1.165) is 39.2 Å². The molecule has 29 heavy (non-hydrogen) atoms. The Morgan fingerprint density at radius 2 is 1.66 bits per heavy atom. The van der Waals surface area contributed by atoms with Crippen LogP contribution in [0.25, 0.3) is 6.08 Å². The van der Waals surface area contributed by atoms with Gasteiger partial charge in [0.1, 0.15) is 5.78 Å². The number of rotatable bonds is 6. The van der Waals surface area contributed by atoms with E-state index in [0.29, 0.717) is 18.4 Å². The number of alkyl halides is 3. The highest BCUT2D eigenvalue weighted by Gasteiger charge is 2.42. The molecule has 0 unspecified atom stereocenters. The molecule has 0 aromatic heterocycles. The Labute approximate surface area is 166 Å². The summed E-state index contributed by atoms with van der Waals surface area (Å²) in [5.41, 5.74) is -0.338. The van der Waals surface area contributed by atoms with E-state index in [1.54, 1.807) is 0 Å². The van der Waals surface area contributed by atoms with Crippen molar-refractivity contribution in [1.82, 2.24) is 0 Å². The standard InChI is InChI=1S/C21H23F3O5/c1-28-19(26)18(20(27)29-2)16(15-5-3-4-6-17(15)25)12-9-13-7-10-14(11-8-13)21(22,23)24/h7-12,15-16,18H,3-6H2,1-2H3/b12-9+/t15-,16-/m0/s1. The number of carbonyl (C=O) groups excluding carboxylic acids is 3. The number of methoxy groups -OCH3 is 2. The molecule has 8 heteroatoms. The summed E-state index contributed by atoms with van der Waals surface area (Å²) in [4.78, 5) is 37.0. The lowest BCUT2D eigenvalue weighted by atomic mass is 9.73. The van der Waals surface area contributed by atoms with Gasteiger partial charge in [0.05, 0.1) is 19.8 Å². The maximum absolute atomic E-state index is 12.7. The molecule has 5 nitrogen and oxygen atoms in total. The molecule has 0 radical (unpaired) electrons. The first-order valence-corrected chi connectivity index (χ1v) is 9.23. The number of esters is 2. The van der Waals surface area contributed by atoms with Crippen molar-refractivity contribution < 1.29 is 37.0 Å². The highest BCUT2D eigenvalue weighted by atomic mass is 19.4. The Hall–Kier alpha value is -2.64. The third-order valence-corrected chi connectivity index (χ3v) is 5.11. The van der Waals surface area contributed by atoms with Crippen LogP contribution in [0.4, 0.5) is 13.2 Å². The van der Waals surface area contributed by atoms with Gasteiger partial charge in [0.2, 0.25) is 0 Å². The number of benzene rings is 1. The van der Waals surface area contributed by atoms with Gasteiger partial charge in [0, 0.05) is 18.3 Å². The topological polar surface area (TPSA) is 69.7 Å². The SMILES string of the molecule is COC(=O)C(C(=O)OC)[C@@H](/C=C/c1ccc(C(F)(F)F)cc1)[C@@H]1CCCCC1=O. The van der Waals surface area contributed by atoms with Gasteiger partial charge in [-0.3, -0.25) is 14.4 Å². The molecule has 0 amide bonds. The van der Waals surface area contributed by atoms with Crippen molar-refractivity contribution in [3.63, 3.8) is 0 Å². The molecule has 1 fully saturated rings. The van der Waals surface area contributed by atoms with Crippen LogP contribution >= 0.6 is 0 Å². The molecule has 2 rings (SSSR count). The second kappa shape index (κ2) is 9.71. The van der Waals surface area contributed by atoms with Crippen LogP contribution < -0.4 is 0 Å². The van der Waals surface area contributed by atoms with E-state index in [4.69, 9.17) is 9.47 Å². The van der Waals surface area contributed by atoms with Gasteiger partial charge in [-0.1, -0.05) is 30.7 Å². The monoisotopic (exact) mass is 412 g/mol. The van der Waals surface area contributed by atoms with E-state index in [1.165, 1.54) is 24.3 Å². The largest absolute Gasteiger partial charge is 0.468 e. The molecule has 0 bridgehead atoms. The Kier molecular flexibility index (Phi) is 7.59. The van der Waals surface area contributed by atoms with E-state index < -0.39 is 41.4 Å². The number of allylic oxidation sites excluding steroid dienone is 1. The zero-order valence-corrected chi connectivity index (χ0v) is 16.2. The van der Waals surface area contributed by atoms with E-state index in [1.807, 2.05) is 0 Å². The smallest absolute Gasteiger partial charge is 0.416 e. The summed E-state index contributed by atoms with van der Waals surface area (Å²) in [6, 6.07) is 4.45. The molecule has 1 aliphatic carbocycles. The predicted octanol–water partition coefficient (Wildman–Crippen LogP) is 4.06. The number of hydrogen-bond donors (Lipinski definition) is 0. The average Bonchev–Trinajstić information content (AvgIpc) is 2.70. The summed E-state index contributed by atoms with van der Waals surface area (Å²) in [5, 5.41) is 0. The summed E-state index contributed by atoms with van der Waals surface area (Å²) in [5.74, 6) is -4.42. The van der Waals surface area contributed by atoms with Crippen LogP contribution in [0.15, 0.2) is 30.3 Å². The minimum absolute atomic E-state index is 0.0591. The van der Waals surface area contributed by atoms with Crippen molar-refractivity contribution in [2.45, 2.75) is 31.9 Å². The van der Waals surface area contributed by atoms with Gasteiger partial charge in [-0.25, -0.2) is 0 Å². The van der Waals surface area contributed by atoms with E-state index in [9.17, 15) is 27.6 Å². The van der Waals surface area contributed by atoms with E-state index in [-0.39, 0.29) is 5.78 Å². The zero-order chi connectivity index (χ0) is 21.6. The number of Topliss-reactive ketones (excluding diaryl/α,β-unsaturated/α-hetero) is 1. The van der Waals surface area contributed by atoms with Gasteiger partial charge in [0.15, 0.2) is 5.92 Å². The summed E-state index contributed by atoms with van der Waals surface area (Å²) in [7, 11) is 2.27. The predicted molar refractivity (Wildman–Crippen MR) is 98.5 cm³/mol. The fourth-order valence-corrected chi connectivity index (χ4v) is 3.56. The molecule has 0 saturated heterocycles. The van der Waals surface area contributed by atoms with Crippen molar-refractivity contribution >= 4 is 23.8 Å². The third kappa shape index (κ3) is 5.68. The van der Waals surface area contributed by atoms with Crippen molar-refractivity contribution in [1.29, 1.82) is 0 Å². The molecule has 1 saturated carbocycles. The molecule has 0 aliphatic heterocycles. The van der Waals surface area contributed by atoms with Crippen LogP contribution in [0.1, 0.15) is 36.8 Å². The van der Waals surface area contributed by atoms with Gasteiger partial charge in [-0.05, 0) is 30.5 Å². The summed E-state index contributed by atoms with van der Waals surface area (Å²) < 4.78 is 47.6. The molecule has 0 heterocycles. The van der Waals surface area contributed by atoms with Gasteiger partial charge in [-0.15, -0.1) is 0 Å².